The first-order chi connectivity index (χ1) is 9.20. The SMILES string of the molecule is CCCNc1ccc(C(=O)NC(C)C2CCC2)nc1. The van der Waals surface area contributed by atoms with Crippen LogP contribution in [0, 0.1) is 5.92 Å². The molecule has 0 aliphatic heterocycles. The van der Waals surface area contributed by atoms with Gasteiger partial charge in [-0.15, -0.1) is 0 Å². The predicted octanol–water partition coefficient (Wildman–Crippen LogP) is 2.82. The Hall–Kier alpha value is -1.58. The van der Waals surface area contributed by atoms with Gasteiger partial charge in [-0.2, -0.15) is 0 Å². The van der Waals surface area contributed by atoms with Crippen LogP contribution >= 0.6 is 0 Å². The molecule has 104 valence electrons. The predicted molar refractivity (Wildman–Crippen MR) is 77.3 cm³/mol. The molecule has 1 aromatic heterocycles. The molecule has 0 bridgehead atoms. The van der Waals surface area contributed by atoms with Gasteiger partial charge in [0, 0.05) is 12.6 Å². The van der Waals surface area contributed by atoms with Crippen LogP contribution in [0.3, 0.4) is 0 Å². The fraction of sp³-hybridized carbons (Fsp3) is 0.600. The summed E-state index contributed by atoms with van der Waals surface area (Å²) < 4.78 is 0. The summed E-state index contributed by atoms with van der Waals surface area (Å²) in [5, 5.41) is 6.28. The summed E-state index contributed by atoms with van der Waals surface area (Å²) in [5.41, 5.74) is 1.46. The van der Waals surface area contributed by atoms with Crippen LogP contribution in [-0.4, -0.2) is 23.5 Å². The fourth-order valence-corrected chi connectivity index (χ4v) is 2.24. The molecule has 1 aromatic rings. The third-order valence-corrected chi connectivity index (χ3v) is 3.79. The molecule has 2 N–H and O–H groups in total. The van der Waals surface area contributed by atoms with E-state index in [0.29, 0.717) is 11.6 Å². The minimum Gasteiger partial charge on any atom is -0.384 e. The van der Waals surface area contributed by atoms with E-state index in [-0.39, 0.29) is 11.9 Å². The molecule has 2 rings (SSSR count). The standard InChI is InChI=1S/C15H23N3O/c1-3-9-16-13-7-8-14(17-10-13)15(19)18-11(2)12-5-4-6-12/h7-8,10-12,16H,3-6,9H2,1-2H3,(H,18,19). The number of carbonyl (C=O) groups is 1. The Balaban J connectivity index is 1.87. The molecule has 0 radical (unpaired) electrons. The monoisotopic (exact) mass is 261 g/mol. The van der Waals surface area contributed by atoms with Gasteiger partial charge in [-0.3, -0.25) is 4.79 Å². The van der Waals surface area contributed by atoms with Crippen molar-refractivity contribution >= 4 is 11.6 Å². The van der Waals surface area contributed by atoms with E-state index in [1.165, 1.54) is 19.3 Å². The summed E-state index contributed by atoms with van der Waals surface area (Å²) in [6.07, 6.45) is 6.55. The minimum atomic E-state index is -0.0681. The zero-order chi connectivity index (χ0) is 13.7. The van der Waals surface area contributed by atoms with Crippen LogP contribution in [-0.2, 0) is 0 Å². The third-order valence-electron chi connectivity index (χ3n) is 3.79. The molecule has 1 aliphatic rings. The first-order valence-corrected chi connectivity index (χ1v) is 7.21. The van der Waals surface area contributed by atoms with E-state index in [0.717, 1.165) is 18.7 Å². The van der Waals surface area contributed by atoms with E-state index in [4.69, 9.17) is 0 Å². The molecule has 1 atom stereocenters. The van der Waals surface area contributed by atoms with E-state index in [2.05, 4.69) is 29.5 Å². The second kappa shape index (κ2) is 6.55. The van der Waals surface area contributed by atoms with Crippen LogP contribution in [0.15, 0.2) is 18.3 Å². The number of carbonyl (C=O) groups excluding carboxylic acids is 1. The number of anilines is 1. The van der Waals surface area contributed by atoms with Crippen molar-refractivity contribution in [2.75, 3.05) is 11.9 Å². The molecule has 1 fully saturated rings. The van der Waals surface area contributed by atoms with Gasteiger partial charge in [0.05, 0.1) is 11.9 Å². The van der Waals surface area contributed by atoms with Gasteiger partial charge >= 0.3 is 0 Å². The number of rotatable bonds is 6. The topological polar surface area (TPSA) is 54.0 Å². The van der Waals surface area contributed by atoms with Gasteiger partial charge in [0.2, 0.25) is 0 Å². The van der Waals surface area contributed by atoms with Crippen molar-refractivity contribution < 1.29 is 4.79 Å². The van der Waals surface area contributed by atoms with Crippen molar-refractivity contribution in [2.24, 2.45) is 5.92 Å². The smallest absolute Gasteiger partial charge is 0.270 e. The van der Waals surface area contributed by atoms with E-state index < -0.39 is 0 Å². The average molecular weight is 261 g/mol. The van der Waals surface area contributed by atoms with Gasteiger partial charge in [-0.25, -0.2) is 4.98 Å². The molecule has 0 spiro atoms. The van der Waals surface area contributed by atoms with Crippen LogP contribution < -0.4 is 10.6 Å². The second-order valence-electron chi connectivity index (χ2n) is 5.31. The summed E-state index contributed by atoms with van der Waals surface area (Å²) in [6, 6.07) is 3.94. The van der Waals surface area contributed by atoms with Crippen LogP contribution in [0.1, 0.15) is 50.0 Å². The third kappa shape index (κ3) is 3.69. The highest BCUT2D eigenvalue weighted by Crippen LogP contribution is 2.29. The molecular formula is C15H23N3O. The second-order valence-corrected chi connectivity index (χ2v) is 5.31. The highest BCUT2D eigenvalue weighted by atomic mass is 16.1. The van der Waals surface area contributed by atoms with Gasteiger partial charge in [0.25, 0.3) is 5.91 Å². The molecule has 19 heavy (non-hydrogen) atoms. The molecule has 1 amide bonds. The maximum absolute atomic E-state index is 12.0. The highest BCUT2D eigenvalue weighted by molar-refractivity contribution is 5.92. The lowest BCUT2D eigenvalue weighted by molar-refractivity contribution is 0.0904. The minimum absolute atomic E-state index is 0.0681. The Bertz CT molecular complexity index is 412. The van der Waals surface area contributed by atoms with Crippen molar-refractivity contribution in [1.82, 2.24) is 10.3 Å². The van der Waals surface area contributed by atoms with Crippen LogP contribution in [0.25, 0.3) is 0 Å². The summed E-state index contributed by atoms with van der Waals surface area (Å²) >= 11 is 0. The van der Waals surface area contributed by atoms with Gasteiger partial charge in [0.15, 0.2) is 0 Å². The van der Waals surface area contributed by atoms with Gasteiger partial charge in [-0.05, 0) is 44.2 Å². The number of pyridine rings is 1. The van der Waals surface area contributed by atoms with Crippen molar-refractivity contribution in [3.8, 4) is 0 Å². The van der Waals surface area contributed by atoms with E-state index in [1.54, 1.807) is 12.3 Å². The fourth-order valence-electron chi connectivity index (χ4n) is 2.24. The van der Waals surface area contributed by atoms with Crippen LogP contribution in [0.4, 0.5) is 5.69 Å². The zero-order valence-corrected chi connectivity index (χ0v) is 11.8. The lowest BCUT2D eigenvalue weighted by atomic mass is 9.80. The maximum atomic E-state index is 12.0. The van der Waals surface area contributed by atoms with E-state index >= 15 is 0 Å². The van der Waals surface area contributed by atoms with Crippen molar-refractivity contribution in [3.63, 3.8) is 0 Å². The lowest BCUT2D eigenvalue weighted by Crippen LogP contribution is -2.40. The number of aromatic nitrogens is 1. The first-order valence-electron chi connectivity index (χ1n) is 7.21. The Morgan fingerprint density at radius 2 is 2.26 bits per heavy atom. The number of nitrogens with zero attached hydrogens (tertiary/aromatic N) is 1. The number of nitrogens with one attached hydrogen (secondary N) is 2. The van der Waals surface area contributed by atoms with Crippen LogP contribution in [0.2, 0.25) is 0 Å². The molecule has 4 heteroatoms. The van der Waals surface area contributed by atoms with Gasteiger partial charge in [-0.1, -0.05) is 13.3 Å². The molecule has 0 saturated heterocycles. The summed E-state index contributed by atoms with van der Waals surface area (Å²) in [4.78, 5) is 16.2. The largest absolute Gasteiger partial charge is 0.384 e. The zero-order valence-electron chi connectivity index (χ0n) is 11.8. The van der Waals surface area contributed by atoms with E-state index in [9.17, 15) is 4.79 Å². The Morgan fingerprint density at radius 1 is 1.47 bits per heavy atom. The maximum Gasteiger partial charge on any atom is 0.270 e. The highest BCUT2D eigenvalue weighted by Gasteiger charge is 2.25. The van der Waals surface area contributed by atoms with E-state index in [1.807, 2.05) is 6.07 Å². The molecule has 0 aromatic carbocycles. The van der Waals surface area contributed by atoms with Gasteiger partial charge in [0.1, 0.15) is 5.69 Å². The Morgan fingerprint density at radius 3 is 2.79 bits per heavy atom. The number of hydrogen-bond acceptors (Lipinski definition) is 3. The molecule has 4 nitrogen and oxygen atoms in total. The molecule has 1 unspecified atom stereocenters. The summed E-state index contributed by atoms with van der Waals surface area (Å²) in [6.45, 7) is 5.12. The van der Waals surface area contributed by atoms with Crippen molar-refractivity contribution in [1.29, 1.82) is 0 Å². The lowest BCUT2D eigenvalue weighted by Gasteiger charge is -2.31. The van der Waals surface area contributed by atoms with Gasteiger partial charge < -0.3 is 10.6 Å². The summed E-state index contributed by atoms with van der Waals surface area (Å²) in [7, 11) is 0. The number of amides is 1. The molecule has 1 aliphatic carbocycles. The average Bonchev–Trinajstić information content (AvgIpc) is 2.34. The Labute approximate surface area is 115 Å². The molecular weight excluding hydrogens is 238 g/mol. The quantitative estimate of drug-likeness (QED) is 0.828. The Kier molecular flexibility index (Phi) is 4.77. The number of hydrogen-bond donors (Lipinski definition) is 2. The molecule has 1 saturated carbocycles. The first kappa shape index (κ1) is 13.8. The van der Waals surface area contributed by atoms with Crippen molar-refractivity contribution in [3.05, 3.63) is 24.0 Å². The summed E-state index contributed by atoms with van der Waals surface area (Å²) in [5.74, 6) is 0.580. The normalized spacial score (nSPS) is 16.5. The van der Waals surface area contributed by atoms with Crippen molar-refractivity contribution in [2.45, 2.75) is 45.6 Å². The van der Waals surface area contributed by atoms with Crippen LogP contribution in [0.5, 0.6) is 0 Å². The molecule has 1 heterocycles.